The zero-order chi connectivity index (χ0) is 15.5. The third-order valence-corrected chi connectivity index (χ3v) is 4.28. The Balaban J connectivity index is 1.65. The minimum Gasteiger partial charge on any atom is -0.348 e. The van der Waals surface area contributed by atoms with Crippen molar-refractivity contribution in [1.82, 2.24) is 15.5 Å². The van der Waals surface area contributed by atoms with Crippen LogP contribution >= 0.6 is 0 Å². The molecule has 1 amide bonds. The van der Waals surface area contributed by atoms with Crippen LogP contribution in [-0.4, -0.2) is 28.2 Å². The van der Waals surface area contributed by atoms with Gasteiger partial charge in [-0.2, -0.15) is 5.10 Å². The van der Waals surface area contributed by atoms with E-state index in [1.54, 1.807) is 6.07 Å². The fourth-order valence-electron chi connectivity index (χ4n) is 2.84. The molecule has 0 bridgehead atoms. The first-order valence-corrected chi connectivity index (χ1v) is 7.81. The zero-order valence-corrected chi connectivity index (χ0v) is 12.8. The lowest BCUT2D eigenvalue weighted by Gasteiger charge is -2.26. The number of hydrogen-bond donors (Lipinski definition) is 3. The summed E-state index contributed by atoms with van der Waals surface area (Å²) in [4.78, 5) is 12.3. The maximum atomic E-state index is 12.3. The van der Waals surface area contributed by atoms with E-state index in [2.05, 4.69) is 15.5 Å². The van der Waals surface area contributed by atoms with Crippen LogP contribution in [0.3, 0.4) is 0 Å². The van der Waals surface area contributed by atoms with Crippen LogP contribution in [0.1, 0.15) is 41.7 Å². The quantitative estimate of drug-likeness (QED) is 0.813. The monoisotopic (exact) mass is 298 g/mol. The van der Waals surface area contributed by atoms with Crippen LogP contribution < -0.4 is 11.1 Å². The number of nitrogens with one attached hydrogen (secondary N) is 2. The highest BCUT2D eigenvalue weighted by Crippen LogP contribution is 2.20. The number of carbonyl (C=O) groups is 1. The van der Waals surface area contributed by atoms with Crippen molar-refractivity contribution >= 4 is 5.91 Å². The normalized spacial score (nSPS) is 21.5. The van der Waals surface area contributed by atoms with E-state index in [1.807, 2.05) is 31.2 Å². The number of aryl methyl sites for hydroxylation is 1. The Morgan fingerprint density at radius 2 is 1.91 bits per heavy atom. The number of hydrogen-bond acceptors (Lipinski definition) is 3. The average molecular weight is 298 g/mol. The van der Waals surface area contributed by atoms with Gasteiger partial charge in [-0.3, -0.25) is 9.89 Å². The summed E-state index contributed by atoms with van der Waals surface area (Å²) in [5.41, 5.74) is 9.39. The minimum atomic E-state index is -0.0914. The highest BCUT2D eigenvalue weighted by Gasteiger charge is 2.21. The van der Waals surface area contributed by atoms with E-state index in [0.29, 0.717) is 5.69 Å². The molecular weight excluding hydrogens is 276 g/mol. The van der Waals surface area contributed by atoms with Crippen molar-refractivity contribution in [3.63, 3.8) is 0 Å². The molecule has 0 spiro atoms. The van der Waals surface area contributed by atoms with Gasteiger partial charge in [0.05, 0.1) is 5.69 Å². The summed E-state index contributed by atoms with van der Waals surface area (Å²) in [6, 6.07) is 10.4. The van der Waals surface area contributed by atoms with Crippen LogP contribution in [0.4, 0.5) is 0 Å². The summed E-state index contributed by atoms with van der Waals surface area (Å²) < 4.78 is 0. The Morgan fingerprint density at radius 1 is 1.23 bits per heavy atom. The van der Waals surface area contributed by atoms with Gasteiger partial charge in [0.15, 0.2) is 0 Å². The van der Waals surface area contributed by atoms with Crippen LogP contribution in [0, 0.1) is 6.92 Å². The Morgan fingerprint density at radius 3 is 2.59 bits per heavy atom. The van der Waals surface area contributed by atoms with Crippen molar-refractivity contribution in [2.45, 2.75) is 44.7 Å². The van der Waals surface area contributed by atoms with Crippen LogP contribution in [-0.2, 0) is 0 Å². The van der Waals surface area contributed by atoms with Crippen molar-refractivity contribution < 1.29 is 4.79 Å². The number of benzene rings is 1. The summed E-state index contributed by atoms with van der Waals surface area (Å²) in [6.07, 6.45) is 3.85. The summed E-state index contributed by atoms with van der Waals surface area (Å²) in [6.45, 7) is 2.04. The predicted molar refractivity (Wildman–Crippen MR) is 86.5 cm³/mol. The van der Waals surface area contributed by atoms with Gasteiger partial charge in [0, 0.05) is 17.6 Å². The van der Waals surface area contributed by atoms with Crippen LogP contribution in [0.15, 0.2) is 30.3 Å². The lowest BCUT2D eigenvalue weighted by atomic mass is 9.92. The van der Waals surface area contributed by atoms with E-state index >= 15 is 0 Å². The molecule has 0 saturated heterocycles. The number of nitrogens with two attached hydrogens (primary N) is 1. The molecule has 22 heavy (non-hydrogen) atoms. The summed E-state index contributed by atoms with van der Waals surface area (Å²) in [5, 5.41) is 10.1. The molecule has 4 N–H and O–H groups in total. The second kappa shape index (κ2) is 6.32. The predicted octanol–water partition coefficient (Wildman–Crippen LogP) is 2.38. The van der Waals surface area contributed by atoms with Crippen LogP contribution in [0.25, 0.3) is 11.3 Å². The third kappa shape index (κ3) is 3.36. The molecule has 5 nitrogen and oxygen atoms in total. The number of amides is 1. The molecule has 0 aliphatic heterocycles. The van der Waals surface area contributed by atoms with Gasteiger partial charge in [0.25, 0.3) is 5.91 Å². The number of aromatic amines is 1. The lowest BCUT2D eigenvalue weighted by molar-refractivity contribution is 0.0921. The molecule has 1 aliphatic carbocycles. The van der Waals surface area contributed by atoms with Gasteiger partial charge in [-0.05, 0) is 38.7 Å². The molecule has 2 aromatic rings. The van der Waals surface area contributed by atoms with Crippen molar-refractivity contribution in [2.24, 2.45) is 5.73 Å². The van der Waals surface area contributed by atoms with Gasteiger partial charge in [-0.1, -0.05) is 29.8 Å². The second-order valence-corrected chi connectivity index (χ2v) is 6.12. The largest absolute Gasteiger partial charge is 0.348 e. The molecule has 3 rings (SSSR count). The Labute approximate surface area is 130 Å². The van der Waals surface area contributed by atoms with E-state index in [9.17, 15) is 4.79 Å². The number of H-pyrrole nitrogens is 1. The topological polar surface area (TPSA) is 83.8 Å². The molecule has 1 aliphatic rings. The summed E-state index contributed by atoms with van der Waals surface area (Å²) >= 11 is 0. The Bertz CT molecular complexity index is 639. The van der Waals surface area contributed by atoms with Gasteiger partial charge in [-0.15, -0.1) is 0 Å². The summed E-state index contributed by atoms with van der Waals surface area (Å²) in [5.74, 6) is -0.0914. The van der Waals surface area contributed by atoms with Gasteiger partial charge in [-0.25, -0.2) is 0 Å². The molecule has 1 aromatic heterocycles. The van der Waals surface area contributed by atoms with Gasteiger partial charge in [0.1, 0.15) is 5.69 Å². The SMILES string of the molecule is Cc1ccc(-c2cc(C(=O)NC3CCC(N)CC3)[nH]n2)cc1. The van der Waals surface area contributed by atoms with E-state index < -0.39 is 0 Å². The van der Waals surface area contributed by atoms with Crippen molar-refractivity contribution in [3.05, 3.63) is 41.6 Å². The lowest BCUT2D eigenvalue weighted by Crippen LogP contribution is -2.40. The van der Waals surface area contributed by atoms with E-state index in [-0.39, 0.29) is 18.0 Å². The van der Waals surface area contributed by atoms with Gasteiger partial charge in [0.2, 0.25) is 0 Å². The standard InChI is InChI=1S/C17H22N4O/c1-11-2-4-12(5-3-11)15-10-16(21-20-15)17(22)19-14-8-6-13(18)7-9-14/h2-5,10,13-14H,6-9,18H2,1H3,(H,19,22)(H,20,21). The van der Waals surface area contributed by atoms with Crippen LogP contribution in [0.2, 0.25) is 0 Å². The highest BCUT2D eigenvalue weighted by molar-refractivity contribution is 5.93. The zero-order valence-electron chi connectivity index (χ0n) is 12.8. The average Bonchev–Trinajstić information content (AvgIpc) is 3.00. The van der Waals surface area contributed by atoms with Crippen molar-refractivity contribution in [3.8, 4) is 11.3 Å². The third-order valence-electron chi connectivity index (χ3n) is 4.28. The fraction of sp³-hybridized carbons (Fsp3) is 0.412. The molecule has 5 heteroatoms. The molecule has 1 aromatic carbocycles. The second-order valence-electron chi connectivity index (χ2n) is 6.12. The maximum Gasteiger partial charge on any atom is 0.269 e. The van der Waals surface area contributed by atoms with Crippen LogP contribution in [0.5, 0.6) is 0 Å². The molecule has 0 unspecified atom stereocenters. The molecule has 0 atom stereocenters. The fourth-order valence-corrected chi connectivity index (χ4v) is 2.84. The first-order valence-electron chi connectivity index (χ1n) is 7.81. The first kappa shape index (κ1) is 14.8. The molecule has 1 heterocycles. The number of aromatic nitrogens is 2. The van der Waals surface area contributed by atoms with Crippen molar-refractivity contribution in [2.75, 3.05) is 0 Å². The minimum absolute atomic E-state index is 0.0914. The van der Waals surface area contributed by atoms with Crippen molar-refractivity contribution in [1.29, 1.82) is 0 Å². The maximum absolute atomic E-state index is 12.3. The molecule has 1 fully saturated rings. The van der Waals surface area contributed by atoms with Gasteiger partial charge < -0.3 is 11.1 Å². The summed E-state index contributed by atoms with van der Waals surface area (Å²) in [7, 11) is 0. The Hall–Kier alpha value is -2.14. The highest BCUT2D eigenvalue weighted by atomic mass is 16.2. The number of nitrogens with zero attached hydrogens (tertiary/aromatic N) is 1. The van der Waals surface area contributed by atoms with Gasteiger partial charge >= 0.3 is 0 Å². The molecule has 0 radical (unpaired) electrons. The molecular formula is C17H22N4O. The smallest absolute Gasteiger partial charge is 0.269 e. The molecule has 116 valence electrons. The Kier molecular flexibility index (Phi) is 4.24. The van der Waals surface area contributed by atoms with E-state index in [4.69, 9.17) is 5.73 Å². The van der Waals surface area contributed by atoms with E-state index in [0.717, 1.165) is 36.9 Å². The first-order chi connectivity index (χ1) is 10.6. The number of carbonyl (C=O) groups excluding carboxylic acids is 1. The number of rotatable bonds is 3. The molecule has 1 saturated carbocycles. The van der Waals surface area contributed by atoms with E-state index in [1.165, 1.54) is 5.56 Å².